The minimum Gasteiger partial charge on any atom is -0.494 e. The second-order valence-electron chi connectivity index (χ2n) is 9.58. The number of anilines is 1. The van der Waals surface area contributed by atoms with E-state index in [1.807, 2.05) is 62.4 Å². The fourth-order valence-electron chi connectivity index (χ4n) is 4.71. The van der Waals surface area contributed by atoms with Crippen molar-refractivity contribution in [1.29, 1.82) is 0 Å². The summed E-state index contributed by atoms with van der Waals surface area (Å²) >= 11 is 0. The van der Waals surface area contributed by atoms with Crippen molar-refractivity contribution in [3.05, 3.63) is 83.4 Å². The highest BCUT2D eigenvalue weighted by Crippen LogP contribution is 2.35. The van der Waals surface area contributed by atoms with Gasteiger partial charge in [0.25, 0.3) is 0 Å². The van der Waals surface area contributed by atoms with Gasteiger partial charge >= 0.3 is 5.97 Å². The quantitative estimate of drug-likeness (QED) is 0.140. The maximum absolute atomic E-state index is 12.5. The van der Waals surface area contributed by atoms with E-state index in [9.17, 15) is 4.79 Å². The molecule has 0 aromatic heterocycles. The molecule has 1 heterocycles. The van der Waals surface area contributed by atoms with E-state index in [-0.39, 0.29) is 12.3 Å². The third kappa shape index (κ3) is 7.42. The van der Waals surface area contributed by atoms with Gasteiger partial charge in [-0.05, 0) is 79.8 Å². The van der Waals surface area contributed by atoms with Gasteiger partial charge in [0.1, 0.15) is 11.5 Å². The van der Waals surface area contributed by atoms with Crippen LogP contribution in [0.1, 0.15) is 51.2 Å². The molecule has 0 bridgehead atoms. The average molecular weight is 530 g/mol. The zero-order valence-corrected chi connectivity index (χ0v) is 23.4. The molecule has 39 heavy (non-hydrogen) atoms. The normalized spacial score (nSPS) is 13.6. The Hall–Kier alpha value is -3.77. The number of rotatable bonds is 12. The van der Waals surface area contributed by atoms with Gasteiger partial charge in [-0.15, -0.1) is 0 Å². The number of para-hydroxylation sites is 1. The third-order valence-corrected chi connectivity index (χ3v) is 6.77. The van der Waals surface area contributed by atoms with Crippen LogP contribution >= 0.6 is 0 Å². The molecule has 206 valence electrons. The average Bonchev–Trinajstić information content (AvgIpc) is 3.13. The van der Waals surface area contributed by atoms with Crippen molar-refractivity contribution in [2.45, 2.75) is 52.9 Å². The first-order valence-electron chi connectivity index (χ1n) is 13.8. The monoisotopic (exact) mass is 529 g/mol. The Kier molecular flexibility index (Phi) is 10.0. The molecule has 0 radical (unpaired) electrons. The summed E-state index contributed by atoms with van der Waals surface area (Å²) in [5.74, 6) is 1.36. The Morgan fingerprint density at radius 2 is 1.77 bits per heavy atom. The predicted octanol–water partition coefficient (Wildman–Crippen LogP) is 7.26. The highest BCUT2D eigenvalue weighted by molar-refractivity contribution is 5.96. The van der Waals surface area contributed by atoms with Crippen LogP contribution in [0.5, 0.6) is 11.5 Å². The molecule has 1 aliphatic rings. The van der Waals surface area contributed by atoms with E-state index in [4.69, 9.17) is 18.9 Å². The van der Waals surface area contributed by atoms with Crippen molar-refractivity contribution < 1.29 is 23.7 Å². The number of unbranched alkanes of at least 4 members (excludes halogenated alkanes) is 1. The summed E-state index contributed by atoms with van der Waals surface area (Å²) in [6.07, 6.45) is 4.38. The predicted molar refractivity (Wildman–Crippen MR) is 156 cm³/mol. The number of carbonyl (C=O) groups is 1. The zero-order valence-electron chi connectivity index (χ0n) is 23.4. The van der Waals surface area contributed by atoms with E-state index in [0.717, 1.165) is 52.3 Å². The van der Waals surface area contributed by atoms with Gasteiger partial charge in [-0.25, -0.2) is 4.79 Å². The van der Waals surface area contributed by atoms with Gasteiger partial charge in [0.15, 0.2) is 6.29 Å². The summed E-state index contributed by atoms with van der Waals surface area (Å²) in [5, 5.41) is 0. The summed E-state index contributed by atoms with van der Waals surface area (Å²) < 4.78 is 22.6. The Balaban J connectivity index is 1.60. The first-order chi connectivity index (χ1) is 19.0. The van der Waals surface area contributed by atoms with Crippen LogP contribution in [0.2, 0.25) is 0 Å². The molecule has 3 aromatic rings. The third-order valence-electron chi connectivity index (χ3n) is 6.77. The summed E-state index contributed by atoms with van der Waals surface area (Å²) in [5.41, 5.74) is 5.95. The maximum atomic E-state index is 12.5. The van der Waals surface area contributed by atoms with Gasteiger partial charge in [0, 0.05) is 29.9 Å². The molecule has 0 fully saturated rings. The number of hydrogen-bond acceptors (Lipinski definition) is 6. The Labute approximate surface area is 232 Å². The van der Waals surface area contributed by atoms with E-state index in [1.165, 1.54) is 7.11 Å². The lowest BCUT2D eigenvalue weighted by atomic mass is 10.00. The lowest BCUT2D eigenvalue weighted by Gasteiger charge is -2.26. The molecule has 1 atom stereocenters. The number of benzene rings is 3. The molecule has 6 nitrogen and oxygen atoms in total. The Morgan fingerprint density at radius 3 is 2.51 bits per heavy atom. The molecular formula is C33H39NO5. The SMILES string of the molecule is CCCCOC(C)Oc1ccc(-c2ccc3c(c2)C=C(C(=O)OC)CCN3Cc2ccccc2OCC)cc1. The van der Waals surface area contributed by atoms with Crippen LogP contribution in [-0.2, 0) is 20.8 Å². The molecule has 6 heteroatoms. The van der Waals surface area contributed by atoms with E-state index in [2.05, 4.69) is 36.1 Å². The fourth-order valence-corrected chi connectivity index (χ4v) is 4.71. The topological polar surface area (TPSA) is 57.2 Å². The molecule has 0 saturated carbocycles. The van der Waals surface area contributed by atoms with Crippen LogP contribution in [0.15, 0.2) is 72.3 Å². The van der Waals surface area contributed by atoms with Gasteiger partial charge in [0.2, 0.25) is 0 Å². The van der Waals surface area contributed by atoms with Crippen molar-refractivity contribution >= 4 is 17.7 Å². The van der Waals surface area contributed by atoms with Crippen LogP contribution < -0.4 is 14.4 Å². The number of esters is 1. The highest BCUT2D eigenvalue weighted by atomic mass is 16.7. The summed E-state index contributed by atoms with van der Waals surface area (Å²) in [7, 11) is 1.43. The van der Waals surface area contributed by atoms with Crippen molar-refractivity contribution in [2.75, 3.05) is 31.8 Å². The van der Waals surface area contributed by atoms with Gasteiger partial charge < -0.3 is 23.8 Å². The summed E-state index contributed by atoms with van der Waals surface area (Å²) in [6, 6.07) is 22.6. The smallest absolute Gasteiger partial charge is 0.333 e. The maximum Gasteiger partial charge on any atom is 0.333 e. The van der Waals surface area contributed by atoms with E-state index in [1.54, 1.807) is 0 Å². The van der Waals surface area contributed by atoms with Crippen molar-refractivity contribution in [1.82, 2.24) is 0 Å². The molecular weight excluding hydrogens is 490 g/mol. The number of nitrogens with zero attached hydrogens (tertiary/aromatic N) is 1. The van der Waals surface area contributed by atoms with Crippen LogP contribution in [0.4, 0.5) is 5.69 Å². The second kappa shape index (κ2) is 13.9. The largest absolute Gasteiger partial charge is 0.494 e. The summed E-state index contributed by atoms with van der Waals surface area (Å²) in [6.45, 7) is 8.72. The number of ether oxygens (including phenoxy) is 4. The van der Waals surface area contributed by atoms with Gasteiger partial charge in [0.05, 0.1) is 20.3 Å². The number of methoxy groups -OCH3 is 1. The first-order valence-corrected chi connectivity index (χ1v) is 13.8. The van der Waals surface area contributed by atoms with Gasteiger partial charge in [-0.2, -0.15) is 0 Å². The minimum absolute atomic E-state index is 0.292. The van der Waals surface area contributed by atoms with E-state index >= 15 is 0 Å². The van der Waals surface area contributed by atoms with Crippen LogP contribution in [0.25, 0.3) is 17.2 Å². The lowest BCUT2D eigenvalue weighted by molar-refractivity contribution is -0.136. The summed E-state index contributed by atoms with van der Waals surface area (Å²) in [4.78, 5) is 14.8. The highest BCUT2D eigenvalue weighted by Gasteiger charge is 2.21. The molecule has 4 rings (SSSR count). The minimum atomic E-state index is -0.296. The Morgan fingerprint density at radius 1 is 1.00 bits per heavy atom. The molecule has 0 saturated heterocycles. The van der Waals surface area contributed by atoms with Crippen LogP contribution in [0.3, 0.4) is 0 Å². The van der Waals surface area contributed by atoms with Gasteiger partial charge in [-0.1, -0.05) is 49.7 Å². The molecule has 0 spiro atoms. The molecule has 0 N–H and O–H groups in total. The van der Waals surface area contributed by atoms with Crippen molar-refractivity contribution in [2.24, 2.45) is 0 Å². The zero-order chi connectivity index (χ0) is 27.6. The van der Waals surface area contributed by atoms with Crippen LogP contribution in [-0.4, -0.2) is 39.1 Å². The number of fused-ring (bicyclic) bond motifs is 1. The van der Waals surface area contributed by atoms with Crippen molar-refractivity contribution in [3.63, 3.8) is 0 Å². The fraction of sp³-hybridized carbons (Fsp3) is 0.364. The molecule has 0 aliphatic carbocycles. The second-order valence-corrected chi connectivity index (χ2v) is 9.58. The van der Waals surface area contributed by atoms with Crippen molar-refractivity contribution in [3.8, 4) is 22.6 Å². The molecule has 1 unspecified atom stereocenters. The Bertz CT molecular complexity index is 1270. The standard InChI is InChI=1S/C33H39NO5/c1-5-7-20-38-24(3)39-30-15-12-25(13-16-30)26-14-17-31-29(21-26)22-27(33(35)36-4)18-19-34(31)23-28-10-8-9-11-32(28)37-6-2/h8-17,21-22,24H,5-7,18-20,23H2,1-4H3. The molecule has 3 aromatic carbocycles. The van der Waals surface area contributed by atoms with E-state index < -0.39 is 0 Å². The first kappa shape index (κ1) is 28.2. The van der Waals surface area contributed by atoms with Gasteiger partial charge in [-0.3, -0.25) is 0 Å². The van der Waals surface area contributed by atoms with E-state index in [0.29, 0.717) is 38.3 Å². The molecule has 0 amide bonds. The molecule has 1 aliphatic heterocycles. The number of carbonyl (C=O) groups excluding carboxylic acids is 1. The number of hydrogen-bond donors (Lipinski definition) is 0. The van der Waals surface area contributed by atoms with Crippen LogP contribution in [0, 0.1) is 0 Å². The lowest BCUT2D eigenvalue weighted by Crippen LogP contribution is -2.25.